The van der Waals surface area contributed by atoms with Crippen LogP contribution in [-0.2, 0) is 4.79 Å². The number of amides is 1. The third-order valence-electron chi connectivity index (χ3n) is 1.06. The molecule has 0 fully saturated rings. The van der Waals surface area contributed by atoms with E-state index >= 15 is 0 Å². The summed E-state index contributed by atoms with van der Waals surface area (Å²) < 4.78 is 3.16. The van der Waals surface area contributed by atoms with Crippen LogP contribution in [-0.4, -0.2) is 32.1 Å². The van der Waals surface area contributed by atoms with Crippen LogP contribution in [0.2, 0.25) is 0 Å². The molecular formula is C5H6InNO. The first-order valence-electron chi connectivity index (χ1n) is 2.47. The van der Waals surface area contributed by atoms with Crippen LogP contribution < -0.4 is 5.73 Å². The second-order valence-corrected chi connectivity index (χ2v) is 5.73. The molecule has 0 bridgehead atoms. The molecule has 8 heavy (non-hydrogen) atoms. The second-order valence-electron chi connectivity index (χ2n) is 1.66. The van der Waals surface area contributed by atoms with Crippen molar-refractivity contribution in [3.63, 3.8) is 0 Å². The number of allylic oxidation sites excluding steroid dienone is 1. The summed E-state index contributed by atoms with van der Waals surface area (Å²) in [6.07, 6.45) is 2.93. The van der Waals surface area contributed by atoms with Gasteiger partial charge >= 0.3 is 58.4 Å². The molecule has 0 aliphatic carbocycles. The number of carbonyl (C=O) groups is 1. The van der Waals surface area contributed by atoms with E-state index in [1.165, 1.54) is 0 Å². The number of hydrogen-bond donors (Lipinski definition) is 1. The number of hydrogen-bond acceptors (Lipinski definition) is 1. The van der Waals surface area contributed by atoms with E-state index < -0.39 is 22.4 Å². The molecule has 40 valence electrons. The van der Waals surface area contributed by atoms with Crippen LogP contribution in [0.5, 0.6) is 0 Å². The van der Waals surface area contributed by atoms with Crippen LogP contribution in [0.3, 0.4) is 0 Å². The maximum absolute atomic E-state index is 10.4. The molecule has 3 heteroatoms. The Labute approximate surface area is 58.6 Å². The third kappa shape index (κ3) is 1.22. The summed E-state index contributed by atoms with van der Waals surface area (Å²) in [5.74, 6) is -0.194. The second kappa shape index (κ2) is 2.49. The van der Waals surface area contributed by atoms with Crippen molar-refractivity contribution < 1.29 is 4.79 Å². The Morgan fingerprint density at radius 3 is 2.88 bits per heavy atom. The number of carbonyl (C=O) groups excluding carboxylic acids is 1. The minimum atomic E-state index is -0.729. The molecule has 0 radical (unpaired) electrons. The fourth-order valence-electron chi connectivity index (χ4n) is 0.641. The fraction of sp³-hybridized carbons (Fsp3) is 0.200. The van der Waals surface area contributed by atoms with Crippen LogP contribution in [0.15, 0.2) is 9.41 Å². The molecule has 1 rings (SSSR count). The van der Waals surface area contributed by atoms with Crippen LogP contribution in [0.4, 0.5) is 0 Å². The first-order valence-corrected chi connectivity index (χ1v) is 6.02. The van der Waals surface area contributed by atoms with Gasteiger partial charge in [-0.2, -0.15) is 0 Å². The summed E-state index contributed by atoms with van der Waals surface area (Å²) in [5, 5.41) is 0. The van der Waals surface area contributed by atoms with Gasteiger partial charge in [0.2, 0.25) is 0 Å². The van der Waals surface area contributed by atoms with Crippen LogP contribution >= 0.6 is 0 Å². The van der Waals surface area contributed by atoms with E-state index in [-0.39, 0.29) is 5.91 Å². The Hall–Kier alpha value is -0.0499. The fourth-order valence-corrected chi connectivity index (χ4v) is 3.39. The Bertz CT molecular complexity index is 171. The zero-order chi connectivity index (χ0) is 5.98. The summed E-state index contributed by atoms with van der Waals surface area (Å²) in [4.78, 5) is 10.4. The van der Waals surface area contributed by atoms with E-state index in [1.54, 1.807) is 0 Å². The van der Waals surface area contributed by atoms with E-state index in [0.29, 0.717) is 0 Å². The first-order chi connectivity index (χ1) is 3.80. The zero-order valence-corrected chi connectivity index (χ0v) is 7.72. The van der Waals surface area contributed by atoms with Crippen molar-refractivity contribution in [2.24, 2.45) is 5.73 Å². The van der Waals surface area contributed by atoms with Gasteiger partial charge in [0.15, 0.2) is 0 Å². The molecule has 0 aromatic carbocycles. The van der Waals surface area contributed by atoms with Gasteiger partial charge < -0.3 is 0 Å². The number of nitrogens with two attached hydrogens (primary N) is 1. The average molecular weight is 211 g/mol. The summed E-state index contributed by atoms with van der Waals surface area (Å²) in [6, 6.07) is 0. The molecule has 1 aliphatic rings. The van der Waals surface area contributed by atoms with Gasteiger partial charge in [-0.1, -0.05) is 0 Å². The Balaban J connectivity index is 2.72. The Kier molecular flexibility index (Phi) is 1.89. The summed E-state index contributed by atoms with van der Waals surface area (Å²) in [7, 11) is 0. The molecule has 0 unspecified atom stereocenters. The van der Waals surface area contributed by atoms with Crippen molar-refractivity contribution in [3.8, 4) is 0 Å². The predicted octanol–water partition coefficient (Wildman–Crippen LogP) is -0.734. The van der Waals surface area contributed by atoms with Gasteiger partial charge in [-0.15, -0.1) is 0 Å². The van der Waals surface area contributed by atoms with Crippen molar-refractivity contribution in [3.05, 3.63) is 9.41 Å². The molecule has 2 nitrogen and oxygen atoms in total. The SMILES string of the molecule is NC(=O)[C]1=CC[CH]=[In]1. The van der Waals surface area contributed by atoms with Gasteiger partial charge in [-0.25, -0.2) is 0 Å². The average Bonchev–Trinajstić information content (AvgIpc) is 2.12. The van der Waals surface area contributed by atoms with Crippen LogP contribution in [0.25, 0.3) is 0 Å². The van der Waals surface area contributed by atoms with E-state index in [9.17, 15) is 4.79 Å². The van der Waals surface area contributed by atoms with Gasteiger partial charge in [0.05, 0.1) is 0 Å². The van der Waals surface area contributed by atoms with Crippen molar-refractivity contribution in [2.45, 2.75) is 6.42 Å². The molecular weight excluding hydrogens is 205 g/mol. The molecule has 0 aromatic heterocycles. The van der Waals surface area contributed by atoms with E-state index in [2.05, 4.69) is 3.76 Å². The molecule has 1 aliphatic heterocycles. The van der Waals surface area contributed by atoms with Crippen molar-refractivity contribution in [1.82, 2.24) is 0 Å². The summed E-state index contributed by atoms with van der Waals surface area (Å²) >= 11 is -0.729. The van der Waals surface area contributed by atoms with Crippen molar-refractivity contribution in [1.29, 1.82) is 0 Å². The molecule has 0 aromatic rings. The molecule has 1 heterocycles. The molecule has 0 atom stereocenters. The number of primary amides is 1. The van der Waals surface area contributed by atoms with Crippen molar-refractivity contribution in [2.75, 3.05) is 0 Å². The van der Waals surface area contributed by atoms with Crippen molar-refractivity contribution >= 4 is 32.1 Å². The molecule has 1 amide bonds. The Morgan fingerprint density at radius 2 is 2.62 bits per heavy atom. The maximum atomic E-state index is 10.4. The van der Waals surface area contributed by atoms with Gasteiger partial charge in [0.1, 0.15) is 0 Å². The molecule has 0 saturated heterocycles. The predicted molar refractivity (Wildman–Crippen MR) is 33.7 cm³/mol. The third-order valence-corrected chi connectivity index (χ3v) is 5.01. The monoisotopic (exact) mass is 211 g/mol. The Morgan fingerprint density at radius 1 is 1.88 bits per heavy atom. The first kappa shape index (κ1) is 6.08. The van der Waals surface area contributed by atoms with Gasteiger partial charge in [0, 0.05) is 0 Å². The van der Waals surface area contributed by atoms with E-state index in [4.69, 9.17) is 5.73 Å². The van der Waals surface area contributed by atoms with Crippen LogP contribution in [0, 0.1) is 0 Å². The summed E-state index contributed by atoms with van der Waals surface area (Å²) in [5.41, 5.74) is 5.02. The number of rotatable bonds is 1. The van der Waals surface area contributed by atoms with Gasteiger partial charge in [-0.05, 0) is 0 Å². The van der Waals surface area contributed by atoms with Gasteiger partial charge in [-0.3, -0.25) is 0 Å². The topological polar surface area (TPSA) is 43.1 Å². The standard InChI is InChI=1S/C5H6NO.In/c1-2-3-4-5(6)7;/h1,3H,2H2,(H2,6,7);. The zero-order valence-electron chi connectivity index (χ0n) is 4.42. The minimum absolute atomic E-state index is 0.194. The summed E-state index contributed by atoms with van der Waals surface area (Å²) in [6.45, 7) is 0. The van der Waals surface area contributed by atoms with Crippen LogP contribution in [0.1, 0.15) is 6.42 Å². The molecule has 2 N–H and O–H groups in total. The van der Waals surface area contributed by atoms with Gasteiger partial charge in [0.25, 0.3) is 0 Å². The normalized spacial score (nSPS) is 15.2. The molecule has 0 saturated carbocycles. The van der Waals surface area contributed by atoms with E-state index in [0.717, 1.165) is 9.75 Å². The molecule has 0 spiro atoms. The quantitative estimate of drug-likeness (QED) is 0.610. The van der Waals surface area contributed by atoms with E-state index in [1.807, 2.05) is 6.08 Å².